The molecule has 2 N–H and O–H groups in total. The number of aryl methyl sites for hydroxylation is 1. The number of fused-ring (bicyclic) bond motifs is 1. The molecule has 0 bridgehead atoms. The molecule has 2 aromatic heterocycles. The third-order valence-corrected chi connectivity index (χ3v) is 4.73. The summed E-state index contributed by atoms with van der Waals surface area (Å²) in [5.41, 5.74) is 0.233. The number of benzene rings is 2. The number of para-hydroxylation sites is 3. The molecule has 2 heterocycles. The molecular weight excluding hydrogens is 407 g/mol. The Kier molecular flexibility index (Phi) is 4.54. The maximum absolute atomic E-state index is 13.3. The largest absolute Gasteiger partial charge is 0.436 e. The van der Waals surface area contributed by atoms with Crippen LogP contribution < -0.4 is 5.32 Å². The molecule has 0 atom stereocenters. The van der Waals surface area contributed by atoms with E-state index in [9.17, 15) is 18.0 Å². The molecule has 4 rings (SSSR count). The third kappa shape index (κ3) is 3.44. The Labute approximate surface area is 167 Å². The maximum Gasteiger partial charge on any atom is 0.436 e. The van der Waals surface area contributed by atoms with Gasteiger partial charge in [0.1, 0.15) is 16.5 Å². The molecule has 148 valence electrons. The monoisotopic (exact) mass is 419 g/mol. The molecule has 0 saturated carbocycles. The average Bonchev–Trinajstić information content (AvgIpc) is 3.23. The zero-order valence-corrected chi connectivity index (χ0v) is 15.6. The highest BCUT2D eigenvalue weighted by Gasteiger charge is 2.41. The van der Waals surface area contributed by atoms with Gasteiger partial charge in [0.15, 0.2) is 5.69 Å². The first-order valence-electron chi connectivity index (χ1n) is 8.41. The summed E-state index contributed by atoms with van der Waals surface area (Å²) >= 11 is 5.91. The van der Waals surface area contributed by atoms with Crippen LogP contribution in [0, 0.1) is 0 Å². The minimum Gasteiger partial charge on any atom is -0.338 e. The average molecular weight is 420 g/mol. The topological polar surface area (TPSA) is 75.6 Å². The normalized spacial score (nSPS) is 11.8. The number of aromatic amines is 1. The van der Waals surface area contributed by atoms with Gasteiger partial charge in [-0.2, -0.15) is 18.3 Å². The molecule has 0 aliphatic rings. The van der Waals surface area contributed by atoms with Gasteiger partial charge in [0.05, 0.1) is 16.7 Å². The van der Waals surface area contributed by atoms with Gasteiger partial charge < -0.3 is 10.3 Å². The van der Waals surface area contributed by atoms with Crippen LogP contribution in [0.3, 0.4) is 0 Å². The molecule has 0 radical (unpaired) electrons. The number of carbonyl (C=O) groups excluding carboxylic acids is 1. The Morgan fingerprint density at radius 1 is 1.14 bits per heavy atom. The Bertz CT molecular complexity index is 1200. The van der Waals surface area contributed by atoms with E-state index in [1.807, 2.05) is 24.3 Å². The predicted octanol–water partition coefficient (Wildman–Crippen LogP) is 4.89. The lowest BCUT2D eigenvalue weighted by Crippen LogP contribution is -2.18. The number of hydrogen-bond donors (Lipinski definition) is 2. The fraction of sp³-hybridized carbons (Fsp3) is 0.105. The molecule has 0 spiro atoms. The molecule has 10 heteroatoms. The molecule has 0 fully saturated rings. The molecule has 0 unspecified atom stereocenters. The van der Waals surface area contributed by atoms with Crippen LogP contribution >= 0.6 is 11.6 Å². The van der Waals surface area contributed by atoms with E-state index in [-0.39, 0.29) is 5.69 Å². The van der Waals surface area contributed by atoms with Crippen molar-refractivity contribution in [2.24, 2.45) is 7.05 Å². The highest BCUT2D eigenvalue weighted by atomic mass is 35.5. The van der Waals surface area contributed by atoms with Gasteiger partial charge in [-0.05, 0) is 24.3 Å². The lowest BCUT2D eigenvalue weighted by Gasteiger charge is -2.11. The molecule has 0 aliphatic heterocycles. The Morgan fingerprint density at radius 3 is 2.55 bits per heavy atom. The number of halogens is 4. The van der Waals surface area contributed by atoms with Crippen molar-refractivity contribution in [2.75, 3.05) is 5.32 Å². The van der Waals surface area contributed by atoms with Crippen molar-refractivity contribution in [3.63, 3.8) is 0 Å². The molecule has 1 amide bonds. The fourth-order valence-electron chi connectivity index (χ4n) is 2.97. The second-order valence-electron chi connectivity index (χ2n) is 6.24. The number of alkyl halides is 3. The molecule has 29 heavy (non-hydrogen) atoms. The summed E-state index contributed by atoms with van der Waals surface area (Å²) in [5, 5.41) is 5.43. The lowest BCUT2D eigenvalue weighted by molar-refractivity contribution is -0.141. The summed E-state index contributed by atoms with van der Waals surface area (Å²) in [4.78, 5) is 20.3. The van der Waals surface area contributed by atoms with Crippen LogP contribution in [0.25, 0.3) is 22.4 Å². The van der Waals surface area contributed by atoms with Gasteiger partial charge in [-0.1, -0.05) is 35.9 Å². The number of aromatic nitrogens is 4. The summed E-state index contributed by atoms with van der Waals surface area (Å²) in [5.74, 6) is -0.547. The highest BCUT2D eigenvalue weighted by molar-refractivity contribution is 6.33. The summed E-state index contributed by atoms with van der Waals surface area (Å²) in [6.07, 6.45) is -4.82. The van der Waals surface area contributed by atoms with Crippen molar-refractivity contribution in [1.82, 2.24) is 19.7 Å². The van der Waals surface area contributed by atoms with Crippen LogP contribution in [-0.4, -0.2) is 25.7 Å². The van der Waals surface area contributed by atoms with Crippen molar-refractivity contribution in [3.05, 3.63) is 64.9 Å². The standard InChI is InChI=1S/C19H13ClF3N5O/c1-28-16(20)14(15(27-28)19(21,22)23)18(29)26-11-7-3-2-6-10(11)17-24-12-8-4-5-9-13(12)25-17/h2-9H,1H3,(H,24,25)(H,26,29). The number of nitrogens with zero attached hydrogens (tertiary/aromatic N) is 3. The van der Waals surface area contributed by atoms with Gasteiger partial charge in [-0.3, -0.25) is 9.48 Å². The molecule has 2 aromatic carbocycles. The molecular formula is C19H13ClF3N5O. The van der Waals surface area contributed by atoms with E-state index in [1.165, 1.54) is 7.05 Å². The number of anilines is 1. The molecule has 0 saturated heterocycles. The number of carbonyl (C=O) groups is 1. The Morgan fingerprint density at radius 2 is 1.83 bits per heavy atom. The van der Waals surface area contributed by atoms with Crippen LogP contribution in [-0.2, 0) is 13.2 Å². The quantitative estimate of drug-likeness (QED) is 0.496. The number of hydrogen-bond acceptors (Lipinski definition) is 3. The zero-order valence-electron chi connectivity index (χ0n) is 14.9. The van der Waals surface area contributed by atoms with Gasteiger partial charge in [0.25, 0.3) is 5.91 Å². The second-order valence-corrected chi connectivity index (χ2v) is 6.60. The van der Waals surface area contributed by atoms with Crippen molar-refractivity contribution >= 4 is 34.2 Å². The zero-order chi connectivity index (χ0) is 20.8. The van der Waals surface area contributed by atoms with Crippen LogP contribution in [0.4, 0.5) is 18.9 Å². The number of nitrogens with one attached hydrogen (secondary N) is 2. The molecule has 0 aliphatic carbocycles. The smallest absolute Gasteiger partial charge is 0.338 e. The minimum atomic E-state index is -4.82. The maximum atomic E-state index is 13.3. The SMILES string of the molecule is Cn1nc(C(F)(F)F)c(C(=O)Nc2ccccc2-c2nc3ccccc3[nH]2)c1Cl. The van der Waals surface area contributed by atoms with Gasteiger partial charge in [-0.15, -0.1) is 0 Å². The first-order chi connectivity index (χ1) is 13.8. The first-order valence-corrected chi connectivity index (χ1v) is 8.78. The van der Waals surface area contributed by atoms with Crippen LogP contribution in [0.15, 0.2) is 48.5 Å². The number of H-pyrrole nitrogens is 1. The van der Waals surface area contributed by atoms with Crippen LogP contribution in [0.5, 0.6) is 0 Å². The van der Waals surface area contributed by atoms with E-state index < -0.39 is 28.5 Å². The highest BCUT2D eigenvalue weighted by Crippen LogP contribution is 2.35. The van der Waals surface area contributed by atoms with Crippen LogP contribution in [0.2, 0.25) is 5.15 Å². The number of imidazole rings is 1. The lowest BCUT2D eigenvalue weighted by atomic mass is 10.1. The van der Waals surface area contributed by atoms with Crippen molar-refractivity contribution in [2.45, 2.75) is 6.18 Å². The molecule has 4 aromatic rings. The van der Waals surface area contributed by atoms with E-state index in [0.29, 0.717) is 11.4 Å². The number of rotatable bonds is 3. The summed E-state index contributed by atoms with van der Waals surface area (Å²) in [7, 11) is 1.23. The van der Waals surface area contributed by atoms with Crippen molar-refractivity contribution in [1.29, 1.82) is 0 Å². The van der Waals surface area contributed by atoms with Crippen molar-refractivity contribution < 1.29 is 18.0 Å². The van der Waals surface area contributed by atoms with E-state index in [4.69, 9.17) is 11.6 Å². The van der Waals surface area contributed by atoms with Crippen LogP contribution in [0.1, 0.15) is 16.1 Å². The van der Waals surface area contributed by atoms with Gasteiger partial charge in [0, 0.05) is 12.6 Å². The Balaban J connectivity index is 1.74. The van der Waals surface area contributed by atoms with Gasteiger partial charge in [-0.25, -0.2) is 4.98 Å². The first kappa shape index (κ1) is 19.0. The minimum absolute atomic E-state index is 0.282. The van der Waals surface area contributed by atoms with Gasteiger partial charge >= 0.3 is 6.18 Å². The van der Waals surface area contributed by atoms with Gasteiger partial charge in [0.2, 0.25) is 0 Å². The molecule has 6 nitrogen and oxygen atoms in total. The van der Waals surface area contributed by atoms with E-state index in [0.717, 1.165) is 15.7 Å². The van der Waals surface area contributed by atoms with E-state index in [1.54, 1.807) is 24.3 Å². The Hall–Kier alpha value is -3.33. The fourth-order valence-corrected chi connectivity index (χ4v) is 3.18. The summed E-state index contributed by atoms with van der Waals surface area (Å²) in [6, 6.07) is 14.0. The number of amides is 1. The van der Waals surface area contributed by atoms with E-state index in [2.05, 4.69) is 20.4 Å². The summed E-state index contributed by atoms with van der Waals surface area (Å²) in [6.45, 7) is 0. The third-order valence-electron chi connectivity index (χ3n) is 4.29. The predicted molar refractivity (Wildman–Crippen MR) is 103 cm³/mol. The summed E-state index contributed by atoms with van der Waals surface area (Å²) < 4.78 is 40.6. The second kappa shape index (κ2) is 6.93. The van der Waals surface area contributed by atoms with Crippen molar-refractivity contribution in [3.8, 4) is 11.4 Å². The van der Waals surface area contributed by atoms with E-state index >= 15 is 0 Å².